The maximum atomic E-state index is 9.30. The first-order valence-electron chi connectivity index (χ1n) is 6.92. The van der Waals surface area contributed by atoms with Gasteiger partial charge in [-0.1, -0.05) is 6.92 Å². The van der Waals surface area contributed by atoms with Crippen LogP contribution in [0.5, 0.6) is 0 Å². The van der Waals surface area contributed by atoms with E-state index in [-0.39, 0.29) is 5.92 Å². The van der Waals surface area contributed by atoms with Crippen LogP contribution in [0, 0.1) is 23.2 Å². The number of likely N-dealkylation sites (tertiary alicyclic amines) is 1. The minimum atomic E-state index is 0.270. The van der Waals surface area contributed by atoms with Crippen molar-refractivity contribution in [1.82, 2.24) is 9.80 Å². The fraction of sp³-hybridized carbons (Fsp3) is 0.929. The number of nitrogens with zero attached hydrogens (tertiary/aromatic N) is 3. The van der Waals surface area contributed by atoms with Gasteiger partial charge >= 0.3 is 0 Å². The highest BCUT2D eigenvalue weighted by atomic mass is 15.2. The third kappa shape index (κ3) is 2.81. The summed E-state index contributed by atoms with van der Waals surface area (Å²) in [5.41, 5.74) is 0. The Morgan fingerprint density at radius 2 is 2.00 bits per heavy atom. The molecule has 1 aliphatic carbocycles. The first-order valence-corrected chi connectivity index (χ1v) is 6.92. The summed E-state index contributed by atoms with van der Waals surface area (Å²) in [4.78, 5) is 4.90. The summed E-state index contributed by atoms with van der Waals surface area (Å²) in [5.74, 6) is 1.06. The van der Waals surface area contributed by atoms with Gasteiger partial charge in [-0.25, -0.2) is 0 Å². The topological polar surface area (TPSA) is 30.3 Å². The summed E-state index contributed by atoms with van der Waals surface area (Å²) in [6.45, 7) is 4.67. The van der Waals surface area contributed by atoms with Crippen LogP contribution in [-0.4, -0.2) is 49.1 Å². The zero-order valence-corrected chi connectivity index (χ0v) is 11.4. The van der Waals surface area contributed by atoms with Gasteiger partial charge in [0.05, 0.1) is 12.0 Å². The smallest absolute Gasteiger partial charge is 0.0672 e. The van der Waals surface area contributed by atoms with Gasteiger partial charge in [0.15, 0.2) is 0 Å². The van der Waals surface area contributed by atoms with E-state index in [9.17, 15) is 5.26 Å². The van der Waals surface area contributed by atoms with E-state index in [4.69, 9.17) is 0 Å². The Morgan fingerprint density at radius 3 is 2.59 bits per heavy atom. The fourth-order valence-corrected chi connectivity index (χ4v) is 3.40. The van der Waals surface area contributed by atoms with Crippen molar-refractivity contribution in [1.29, 1.82) is 5.26 Å². The average Bonchev–Trinajstić information content (AvgIpc) is 2.78. The monoisotopic (exact) mass is 235 g/mol. The van der Waals surface area contributed by atoms with Gasteiger partial charge in [-0.05, 0) is 45.7 Å². The molecule has 0 N–H and O–H groups in total. The van der Waals surface area contributed by atoms with Crippen molar-refractivity contribution >= 4 is 0 Å². The summed E-state index contributed by atoms with van der Waals surface area (Å²) in [5, 5.41) is 9.30. The lowest BCUT2D eigenvalue weighted by molar-refractivity contribution is 0.122. The van der Waals surface area contributed by atoms with Crippen LogP contribution in [0.4, 0.5) is 0 Å². The van der Waals surface area contributed by atoms with Gasteiger partial charge in [-0.2, -0.15) is 5.26 Å². The predicted molar refractivity (Wildman–Crippen MR) is 69.6 cm³/mol. The van der Waals surface area contributed by atoms with Crippen LogP contribution in [0.2, 0.25) is 0 Å². The molecular formula is C14H25N3. The number of hydrogen-bond acceptors (Lipinski definition) is 3. The third-order valence-corrected chi connectivity index (χ3v) is 4.64. The molecule has 17 heavy (non-hydrogen) atoms. The maximum Gasteiger partial charge on any atom is 0.0672 e. The van der Waals surface area contributed by atoms with E-state index in [1.807, 2.05) is 0 Å². The van der Waals surface area contributed by atoms with Crippen LogP contribution in [0.1, 0.15) is 32.6 Å². The molecule has 0 amide bonds. The van der Waals surface area contributed by atoms with Crippen molar-refractivity contribution in [3.05, 3.63) is 0 Å². The van der Waals surface area contributed by atoms with Gasteiger partial charge in [-0.3, -0.25) is 4.90 Å². The van der Waals surface area contributed by atoms with Gasteiger partial charge < -0.3 is 4.90 Å². The molecule has 2 rings (SSSR count). The fourth-order valence-electron chi connectivity index (χ4n) is 3.40. The summed E-state index contributed by atoms with van der Waals surface area (Å²) in [7, 11) is 4.33. The molecule has 3 heteroatoms. The van der Waals surface area contributed by atoms with Gasteiger partial charge in [0, 0.05) is 25.2 Å². The molecule has 1 aliphatic heterocycles. The van der Waals surface area contributed by atoms with Crippen LogP contribution in [-0.2, 0) is 0 Å². The molecule has 0 radical (unpaired) electrons. The summed E-state index contributed by atoms with van der Waals surface area (Å²) < 4.78 is 0. The quantitative estimate of drug-likeness (QED) is 0.733. The Bertz CT molecular complexity index is 294. The second-order valence-corrected chi connectivity index (χ2v) is 6.12. The summed E-state index contributed by atoms with van der Waals surface area (Å²) in [6.07, 6.45) is 4.82. The van der Waals surface area contributed by atoms with E-state index in [1.165, 1.54) is 25.8 Å². The van der Waals surface area contributed by atoms with Crippen LogP contribution in [0.25, 0.3) is 0 Å². The summed E-state index contributed by atoms with van der Waals surface area (Å²) in [6, 6.07) is 3.75. The number of likely N-dealkylation sites (N-methyl/N-ethyl adjacent to an activating group) is 1. The standard InChI is InChI=1S/C14H25N3/c1-11-4-5-12(9-15)14(8-11)17-7-6-13(10-17)16(2)3/h11-14H,4-8,10H2,1-3H3. The lowest BCUT2D eigenvalue weighted by atomic mass is 9.79. The molecule has 1 saturated carbocycles. The van der Waals surface area contributed by atoms with Crippen molar-refractivity contribution in [2.45, 2.75) is 44.7 Å². The zero-order chi connectivity index (χ0) is 12.4. The van der Waals surface area contributed by atoms with Crippen molar-refractivity contribution in [3.8, 4) is 6.07 Å². The molecule has 4 atom stereocenters. The van der Waals surface area contributed by atoms with E-state index in [2.05, 4.69) is 36.9 Å². The van der Waals surface area contributed by atoms with Crippen LogP contribution >= 0.6 is 0 Å². The lowest BCUT2D eigenvalue weighted by Gasteiger charge is -2.37. The van der Waals surface area contributed by atoms with E-state index in [0.717, 1.165) is 18.9 Å². The largest absolute Gasteiger partial charge is 0.305 e. The molecule has 2 aliphatic rings. The Hall–Kier alpha value is -0.590. The van der Waals surface area contributed by atoms with Crippen LogP contribution in [0.15, 0.2) is 0 Å². The maximum absolute atomic E-state index is 9.30. The molecule has 0 aromatic rings. The lowest BCUT2D eigenvalue weighted by Crippen LogP contribution is -2.44. The summed E-state index contributed by atoms with van der Waals surface area (Å²) >= 11 is 0. The van der Waals surface area contributed by atoms with Gasteiger partial charge in [0.2, 0.25) is 0 Å². The van der Waals surface area contributed by atoms with E-state index in [0.29, 0.717) is 12.1 Å². The Balaban J connectivity index is 1.98. The number of nitriles is 1. The molecule has 0 spiro atoms. The predicted octanol–water partition coefficient (Wildman–Crippen LogP) is 1.95. The first-order chi connectivity index (χ1) is 8.11. The molecule has 0 aromatic carbocycles. The molecule has 1 saturated heterocycles. The minimum Gasteiger partial charge on any atom is -0.305 e. The molecule has 0 aromatic heterocycles. The highest BCUT2D eigenvalue weighted by Crippen LogP contribution is 2.33. The zero-order valence-electron chi connectivity index (χ0n) is 11.4. The van der Waals surface area contributed by atoms with E-state index < -0.39 is 0 Å². The number of rotatable bonds is 2. The molecule has 4 unspecified atom stereocenters. The third-order valence-electron chi connectivity index (χ3n) is 4.64. The van der Waals surface area contributed by atoms with Crippen LogP contribution < -0.4 is 0 Å². The Morgan fingerprint density at radius 1 is 1.24 bits per heavy atom. The SMILES string of the molecule is CC1CCC(C#N)C(N2CCC(N(C)C)C2)C1. The molecule has 1 heterocycles. The molecule has 96 valence electrons. The average molecular weight is 235 g/mol. The van der Waals surface area contributed by atoms with Crippen molar-refractivity contribution in [2.75, 3.05) is 27.2 Å². The number of hydrogen-bond donors (Lipinski definition) is 0. The van der Waals surface area contributed by atoms with Gasteiger partial charge in [0.1, 0.15) is 0 Å². The van der Waals surface area contributed by atoms with E-state index >= 15 is 0 Å². The Kier molecular flexibility index (Phi) is 4.06. The molecule has 0 bridgehead atoms. The van der Waals surface area contributed by atoms with Crippen molar-refractivity contribution in [2.24, 2.45) is 11.8 Å². The normalized spacial score (nSPS) is 39.5. The highest BCUT2D eigenvalue weighted by molar-refractivity contribution is 4.99. The minimum absolute atomic E-state index is 0.270. The molecule has 3 nitrogen and oxygen atoms in total. The second-order valence-electron chi connectivity index (χ2n) is 6.12. The van der Waals surface area contributed by atoms with Crippen molar-refractivity contribution in [3.63, 3.8) is 0 Å². The molecular weight excluding hydrogens is 210 g/mol. The van der Waals surface area contributed by atoms with Crippen molar-refractivity contribution < 1.29 is 0 Å². The molecule has 2 fully saturated rings. The van der Waals surface area contributed by atoms with E-state index in [1.54, 1.807) is 0 Å². The van der Waals surface area contributed by atoms with Gasteiger partial charge in [0.25, 0.3) is 0 Å². The highest BCUT2D eigenvalue weighted by Gasteiger charge is 2.36. The first kappa shape index (κ1) is 12.9. The second kappa shape index (κ2) is 5.37. The van der Waals surface area contributed by atoms with Crippen LogP contribution in [0.3, 0.4) is 0 Å². The van der Waals surface area contributed by atoms with Gasteiger partial charge in [-0.15, -0.1) is 0 Å². The Labute approximate surface area is 105 Å².